The van der Waals surface area contributed by atoms with E-state index in [9.17, 15) is 4.79 Å². The van der Waals surface area contributed by atoms with Crippen molar-refractivity contribution in [1.82, 2.24) is 0 Å². The number of carbonyl (C=O) groups is 1. The number of thiocarbonyl (C=S) groups is 1. The Bertz CT molecular complexity index is 243. The molecule has 78 valence electrons. The number of carboxylic acid groups (broad SMARTS) is 1. The van der Waals surface area contributed by atoms with E-state index in [2.05, 4.69) is 22.4 Å². The number of hydrogen-bond donors (Lipinski definition) is 1. The van der Waals surface area contributed by atoms with Crippen LogP contribution in [0.3, 0.4) is 0 Å². The van der Waals surface area contributed by atoms with Gasteiger partial charge in [-0.1, -0.05) is 19.3 Å². The molecule has 1 N–H and O–H groups in total. The average Bonchev–Trinajstić information content (AvgIpc) is 2.18. The third-order valence-electron chi connectivity index (χ3n) is 2.80. The van der Waals surface area contributed by atoms with Gasteiger partial charge >= 0.3 is 5.97 Å². The van der Waals surface area contributed by atoms with E-state index in [0.29, 0.717) is 5.92 Å². The predicted octanol–water partition coefficient (Wildman–Crippen LogP) is 2.51. The van der Waals surface area contributed by atoms with E-state index < -0.39 is 5.97 Å². The van der Waals surface area contributed by atoms with Crippen molar-refractivity contribution in [2.45, 2.75) is 44.6 Å². The molecule has 0 spiro atoms. The minimum atomic E-state index is -0.797. The van der Waals surface area contributed by atoms with Gasteiger partial charge in [-0.15, -0.1) is 0 Å². The number of isothiocyanates is 1. The van der Waals surface area contributed by atoms with Crippen LogP contribution in [0.4, 0.5) is 0 Å². The molecular weight excluding hydrogens is 198 g/mol. The highest BCUT2D eigenvalue weighted by Crippen LogP contribution is 2.29. The van der Waals surface area contributed by atoms with Crippen molar-refractivity contribution in [2.75, 3.05) is 0 Å². The SMILES string of the molecule is O=C(O)CC(N=C=S)C1CCCCC1. The summed E-state index contributed by atoms with van der Waals surface area (Å²) < 4.78 is 0. The summed E-state index contributed by atoms with van der Waals surface area (Å²) >= 11 is 4.54. The minimum absolute atomic E-state index is 0.0916. The fourth-order valence-electron chi connectivity index (χ4n) is 2.08. The zero-order valence-corrected chi connectivity index (χ0v) is 8.92. The molecule has 0 amide bonds. The fraction of sp³-hybridized carbons (Fsp3) is 0.800. The van der Waals surface area contributed by atoms with Crippen LogP contribution in [-0.4, -0.2) is 22.3 Å². The summed E-state index contributed by atoms with van der Waals surface area (Å²) in [6.45, 7) is 0. The lowest BCUT2D eigenvalue weighted by Crippen LogP contribution is -2.24. The maximum absolute atomic E-state index is 10.6. The van der Waals surface area contributed by atoms with Crippen molar-refractivity contribution in [2.24, 2.45) is 10.9 Å². The molecule has 1 unspecified atom stereocenters. The van der Waals surface area contributed by atoms with E-state index in [4.69, 9.17) is 5.11 Å². The van der Waals surface area contributed by atoms with E-state index in [-0.39, 0.29) is 12.5 Å². The molecule has 4 heteroatoms. The predicted molar refractivity (Wildman–Crippen MR) is 57.6 cm³/mol. The molecule has 1 rings (SSSR count). The maximum atomic E-state index is 10.6. The molecule has 1 saturated carbocycles. The second-order valence-corrected chi connectivity index (χ2v) is 3.97. The zero-order chi connectivity index (χ0) is 10.4. The molecular formula is C10H15NO2S. The second kappa shape index (κ2) is 5.89. The van der Waals surface area contributed by atoms with Gasteiger partial charge in [-0.05, 0) is 31.0 Å². The Labute approximate surface area is 89.2 Å². The lowest BCUT2D eigenvalue weighted by Gasteiger charge is -2.25. The molecule has 0 aliphatic heterocycles. The normalized spacial score (nSPS) is 19.7. The molecule has 3 nitrogen and oxygen atoms in total. The van der Waals surface area contributed by atoms with Crippen molar-refractivity contribution >= 4 is 23.3 Å². The van der Waals surface area contributed by atoms with Crippen LogP contribution in [0.15, 0.2) is 4.99 Å². The van der Waals surface area contributed by atoms with Crippen LogP contribution in [0.2, 0.25) is 0 Å². The first-order chi connectivity index (χ1) is 6.74. The molecule has 0 heterocycles. The average molecular weight is 213 g/mol. The van der Waals surface area contributed by atoms with Gasteiger partial charge < -0.3 is 5.11 Å². The van der Waals surface area contributed by atoms with Crippen LogP contribution in [0.5, 0.6) is 0 Å². The fourth-order valence-corrected chi connectivity index (χ4v) is 2.22. The van der Waals surface area contributed by atoms with Crippen molar-refractivity contribution in [3.63, 3.8) is 0 Å². The number of aliphatic carboxylic acids is 1. The third kappa shape index (κ3) is 3.56. The van der Waals surface area contributed by atoms with Gasteiger partial charge in [0.15, 0.2) is 0 Å². The van der Waals surface area contributed by atoms with Crippen molar-refractivity contribution < 1.29 is 9.90 Å². The number of hydrogen-bond acceptors (Lipinski definition) is 3. The van der Waals surface area contributed by atoms with Crippen LogP contribution < -0.4 is 0 Å². The summed E-state index contributed by atoms with van der Waals surface area (Å²) in [5.74, 6) is -0.398. The molecule has 1 aliphatic carbocycles. The quantitative estimate of drug-likeness (QED) is 0.576. The molecule has 0 radical (unpaired) electrons. The van der Waals surface area contributed by atoms with Crippen LogP contribution in [0.25, 0.3) is 0 Å². The Morgan fingerprint density at radius 2 is 2.14 bits per heavy atom. The summed E-state index contributed by atoms with van der Waals surface area (Å²) in [5, 5.41) is 11.0. The molecule has 0 bridgehead atoms. The molecule has 0 aromatic heterocycles. The Kier molecular flexibility index (Phi) is 4.77. The van der Waals surface area contributed by atoms with Crippen molar-refractivity contribution in [3.8, 4) is 0 Å². The Morgan fingerprint density at radius 1 is 1.50 bits per heavy atom. The molecule has 0 saturated heterocycles. The highest BCUT2D eigenvalue weighted by molar-refractivity contribution is 7.78. The summed E-state index contributed by atoms with van der Waals surface area (Å²) in [7, 11) is 0. The number of nitrogens with zero attached hydrogens (tertiary/aromatic N) is 1. The smallest absolute Gasteiger partial charge is 0.305 e. The van der Waals surface area contributed by atoms with Crippen LogP contribution >= 0.6 is 12.2 Å². The lowest BCUT2D eigenvalue weighted by molar-refractivity contribution is -0.137. The second-order valence-electron chi connectivity index (χ2n) is 3.78. The highest BCUT2D eigenvalue weighted by atomic mass is 32.1. The summed E-state index contributed by atoms with van der Waals surface area (Å²) in [6.07, 6.45) is 5.89. The molecule has 14 heavy (non-hydrogen) atoms. The van der Waals surface area contributed by atoms with Gasteiger partial charge in [-0.3, -0.25) is 4.79 Å². The minimum Gasteiger partial charge on any atom is -0.481 e. The molecule has 1 aliphatic rings. The lowest BCUT2D eigenvalue weighted by atomic mass is 9.83. The number of rotatable bonds is 4. The van der Waals surface area contributed by atoms with Gasteiger partial charge in [0.25, 0.3) is 0 Å². The van der Waals surface area contributed by atoms with E-state index in [1.54, 1.807) is 0 Å². The largest absolute Gasteiger partial charge is 0.481 e. The molecule has 1 fully saturated rings. The Morgan fingerprint density at radius 3 is 2.64 bits per heavy atom. The Hall–Kier alpha value is -0.730. The zero-order valence-electron chi connectivity index (χ0n) is 8.11. The van der Waals surface area contributed by atoms with Gasteiger partial charge in [0.1, 0.15) is 0 Å². The Balaban J connectivity index is 2.55. The maximum Gasteiger partial charge on any atom is 0.305 e. The highest BCUT2D eigenvalue weighted by Gasteiger charge is 2.24. The monoisotopic (exact) mass is 213 g/mol. The van der Waals surface area contributed by atoms with Crippen LogP contribution in [0, 0.1) is 5.92 Å². The van der Waals surface area contributed by atoms with E-state index in [0.717, 1.165) is 12.8 Å². The van der Waals surface area contributed by atoms with E-state index in [1.165, 1.54) is 19.3 Å². The van der Waals surface area contributed by atoms with Gasteiger partial charge in [-0.25, -0.2) is 4.99 Å². The van der Waals surface area contributed by atoms with E-state index >= 15 is 0 Å². The molecule has 0 aromatic carbocycles. The number of aliphatic imine (C=N–C) groups is 1. The van der Waals surface area contributed by atoms with E-state index in [1.807, 2.05) is 0 Å². The van der Waals surface area contributed by atoms with Gasteiger partial charge in [0.05, 0.1) is 17.6 Å². The van der Waals surface area contributed by atoms with Crippen molar-refractivity contribution in [1.29, 1.82) is 0 Å². The van der Waals surface area contributed by atoms with Crippen LogP contribution in [0.1, 0.15) is 38.5 Å². The summed E-state index contributed by atoms with van der Waals surface area (Å²) in [5.41, 5.74) is 0. The molecule has 1 atom stereocenters. The number of carboxylic acids is 1. The van der Waals surface area contributed by atoms with Gasteiger partial charge in [0, 0.05) is 0 Å². The summed E-state index contributed by atoms with van der Waals surface area (Å²) in [6, 6.07) is -0.148. The first kappa shape index (κ1) is 11.3. The summed E-state index contributed by atoms with van der Waals surface area (Å²) in [4.78, 5) is 14.6. The van der Waals surface area contributed by atoms with Gasteiger partial charge in [0.2, 0.25) is 0 Å². The van der Waals surface area contributed by atoms with Crippen molar-refractivity contribution in [3.05, 3.63) is 0 Å². The third-order valence-corrected chi connectivity index (χ3v) is 2.90. The standard InChI is InChI=1S/C10H15NO2S/c12-10(13)6-9(11-7-14)8-4-2-1-3-5-8/h8-9H,1-6H2,(H,12,13). The van der Waals surface area contributed by atoms with Crippen LogP contribution in [-0.2, 0) is 4.79 Å². The molecule has 0 aromatic rings. The first-order valence-corrected chi connectivity index (χ1v) is 5.43. The first-order valence-electron chi connectivity index (χ1n) is 5.03. The van der Waals surface area contributed by atoms with Gasteiger partial charge in [-0.2, -0.15) is 0 Å². The topological polar surface area (TPSA) is 49.7 Å².